The molecule has 0 radical (unpaired) electrons. The Labute approximate surface area is 309 Å². The molecule has 14 heteroatoms. The quantitative estimate of drug-likeness (QED) is 0.125. The maximum absolute atomic E-state index is 9.58. The fourth-order valence-electron chi connectivity index (χ4n) is 6.64. The molecule has 6 rings (SSSR count). The number of hydrogen-bond acceptors (Lipinski definition) is 9. The van der Waals surface area contributed by atoms with Crippen LogP contribution in [0.4, 0.5) is 0 Å². The number of aliphatic hydroxyl groups is 1. The second kappa shape index (κ2) is 15.1. The zero-order valence-corrected chi connectivity index (χ0v) is 32.8. The molecule has 12 nitrogen and oxygen atoms in total. The zero-order chi connectivity index (χ0) is 35.8. The van der Waals surface area contributed by atoms with Crippen molar-refractivity contribution >= 4 is 46.7 Å². The molecule has 50 heavy (non-hydrogen) atoms. The number of aromatic nitrogens is 6. The average Bonchev–Trinajstić information content (AvgIpc) is 3.77. The van der Waals surface area contributed by atoms with Crippen molar-refractivity contribution < 1.29 is 23.9 Å². The molecule has 2 aliphatic heterocycles. The van der Waals surface area contributed by atoms with E-state index in [-0.39, 0.29) is 18.9 Å². The van der Waals surface area contributed by atoms with Crippen LogP contribution in [0.2, 0.25) is 0 Å². The Balaban J connectivity index is 1.26. The van der Waals surface area contributed by atoms with Crippen molar-refractivity contribution in [1.82, 2.24) is 34.2 Å². The third-order valence-corrected chi connectivity index (χ3v) is 11.6. The Morgan fingerprint density at radius 3 is 2.62 bits per heavy atom. The van der Waals surface area contributed by atoms with Gasteiger partial charge in [0, 0.05) is 32.1 Å². The van der Waals surface area contributed by atoms with Crippen molar-refractivity contribution in [3.05, 3.63) is 51.0 Å². The summed E-state index contributed by atoms with van der Waals surface area (Å²) < 4.78 is 32.2. The first-order valence-corrected chi connectivity index (χ1v) is 18.8. The van der Waals surface area contributed by atoms with Gasteiger partial charge in [-0.05, 0) is 114 Å². The van der Waals surface area contributed by atoms with E-state index in [0.717, 1.165) is 81.6 Å². The van der Waals surface area contributed by atoms with E-state index >= 15 is 0 Å². The summed E-state index contributed by atoms with van der Waals surface area (Å²) in [6.07, 6.45) is 6.75. The summed E-state index contributed by atoms with van der Waals surface area (Å²) in [4.78, 5) is 2.35. The van der Waals surface area contributed by atoms with Crippen LogP contribution in [-0.4, -0.2) is 90.1 Å². The van der Waals surface area contributed by atoms with Crippen molar-refractivity contribution in [1.29, 1.82) is 0 Å². The van der Waals surface area contributed by atoms with E-state index in [1.165, 1.54) is 0 Å². The maximum Gasteiger partial charge on any atom is 0.487 e. The van der Waals surface area contributed by atoms with E-state index in [4.69, 9.17) is 23.9 Å². The number of rotatable bonds is 13. The minimum Gasteiger partial charge on any atom is -0.473 e. The molecule has 4 aromatic rings. The maximum atomic E-state index is 9.58. The standard InChI is InChI=1S/C36H51BIN7O5/c1-9-43(23-31-33(38)25(3)40-44(31)17-18-46)22-24(2)48-34-28(21-39-42(34)8)26-13-14-30-27(20-26)29(41-45(30)32-12-10-11-19-47-32)15-16-37-49-35(4,5)36(6,7)50-37/h13-16,20-21,24,32,46H,9-12,17-19,22-23H2,1-8H3/b16-15+. The number of hydrogen-bond donors (Lipinski definition) is 1. The van der Waals surface area contributed by atoms with Crippen LogP contribution in [0.3, 0.4) is 0 Å². The summed E-state index contributed by atoms with van der Waals surface area (Å²) >= 11 is 2.36. The number of nitrogens with zero attached hydrogens (tertiary/aromatic N) is 7. The van der Waals surface area contributed by atoms with Gasteiger partial charge in [0.25, 0.3) is 0 Å². The lowest BCUT2D eigenvalue weighted by atomic mass is 9.89. The molecular weight excluding hydrogens is 748 g/mol. The van der Waals surface area contributed by atoms with Gasteiger partial charge in [-0.3, -0.25) is 9.58 Å². The number of likely N-dealkylation sites (N-methyl/N-ethyl adjacent to an activating group) is 1. The topological polar surface area (TPSA) is 114 Å². The Morgan fingerprint density at radius 2 is 1.94 bits per heavy atom. The highest BCUT2D eigenvalue weighted by molar-refractivity contribution is 14.1. The second-order valence-electron chi connectivity index (χ2n) is 14.4. The van der Waals surface area contributed by atoms with Crippen LogP contribution in [0, 0.1) is 10.5 Å². The highest BCUT2D eigenvalue weighted by atomic mass is 127. The predicted octanol–water partition coefficient (Wildman–Crippen LogP) is 6.17. The van der Waals surface area contributed by atoms with Crippen molar-refractivity contribution in [2.24, 2.45) is 7.05 Å². The lowest BCUT2D eigenvalue weighted by Gasteiger charge is -2.32. The second-order valence-corrected chi connectivity index (χ2v) is 15.5. The summed E-state index contributed by atoms with van der Waals surface area (Å²) in [7, 11) is 1.44. The first kappa shape index (κ1) is 37.0. The number of aliphatic hydroxyl groups excluding tert-OH is 1. The van der Waals surface area contributed by atoms with Gasteiger partial charge in [-0.2, -0.15) is 15.3 Å². The summed E-state index contributed by atoms with van der Waals surface area (Å²) in [5.74, 6) is 2.66. The van der Waals surface area contributed by atoms with Crippen LogP contribution >= 0.6 is 22.6 Å². The normalized spacial score (nSPS) is 19.7. The van der Waals surface area contributed by atoms with E-state index in [2.05, 4.69) is 97.4 Å². The molecule has 2 fully saturated rings. The SMILES string of the molecule is CCN(Cc1c(I)c(C)nn1CCO)CC(C)Oc1c(-c2ccc3c(c2)c(/C=C/B2OC(C)(C)C(C)(C)O2)nn3C2CCCCO2)cnn1C. The highest BCUT2D eigenvalue weighted by Crippen LogP contribution is 2.38. The molecular formula is C36H51BIN7O5. The van der Waals surface area contributed by atoms with Gasteiger partial charge in [-0.25, -0.2) is 9.36 Å². The molecule has 0 spiro atoms. The van der Waals surface area contributed by atoms with E-state index in [1.807, 2.05) is 41.6 Å². The fraction of sp³-hybridized carbons (Fsp3) is 0.583. The Kier molecular flexibility index (Phi) is 11.2. The van der Waals surface area contributed by atoms with Crippen molar-refractivity contribution in [3.63, 3.8) is 0 Å². The molecule has 1 aromatic carbocycles. The minimum atomic E-state index is -0.473. The fourth-order valence-corrected chi connectivity index (χ4v) is 7.20. The van der Waals surface area contributed by atoms with E-state index in [0.29, 0.717) is 19.0 Å². The summed E-state index contributed by atoms with van der Waals surface area (Å²) in [6, 6.07) is 6.41. The summed E-state index contributed by atoms with van der Waals surface area (Å²) in [5, 5.41) is 24.9. The van der Waals surface area contributed by atoms with Gasteiger partial charge in [0.15, 0.2) is 6.23 Å². The average molecular weight is 800 g/mol. The first-order chi connectivity index (χ1) is 23.8. The Hall–Kier alpha value is -2.76. The van der Waals surface area contributed by atoms with Crippen LogP contribution in [-0.2, 0) is 34.2 Å². The molecule has 0 aliphatic carbocycles. The molecule has 1 N–H and O–H groups in total. The largest absolute Gasteiger partial charge is 0.487 e. The molecule has 2 aliphatic rings. The number of benzene rings is 1. The van der Waals surface area contributed by atoms with Gasteiger partial charge in [0.1, 0.15) is 6.10 Å². The Morgan fingerprint density at radius 1 is 1.18 bits per heavy atom. The van der Waals surface area contributed by atoms with Gasteiger partial charge in [0.05, 0.1) is 62.3 Å². The van der Waals surface area contributed by atoms with Gasteiger partial charge in [0.2, 0.25) is 5.88 Å². The number of halogens is 1. The van der Waals surface area contributed by atoms with Crippen molar-refractivity contribution in [2.75, 3.05) is 26.3 Å². The molecule has 2 saturated heterocycles. The molecule has 5 heterocycles. The molecule has 0 bridgehead atoms. The minimum absolute atomic E-state index is 0.0534. The van der Waals surface area contributed by atoms with E-state index in [1.54, 1.807) is 4.68 Å². The number of aryl methyl sites for hydroxylation is 2. The first-order valence-electron chi connectivity index (χ1n) is 17.7. The van der Waals surface area contributed by atoms with Crippen LogP contribution in [0.1, 0.15) is 84.1 Å². The lowest BCUT2D eigenvalue weighted by molar-refractivity contribution is -0.0367. The van der Waals surface area contributed by atoms with Gasteiger partial charge in [-0.15, -0.1) is 0 Å². The van der Waals surface area contributed by atoms with Crippen LogP contribution in [0.25, 0.3) is 28.1 Å². The van der Waals surface area contributed by atoms with Crippen LogP contribution < -0.4 is 4.74 Å². The Bertz CT molecular complexity index is 1810. The van der Waals surface area contributed by atoms with Gasteiger partial charge >= 0.3 is 7.12 Å². The third-order valence-electron chi connectivity index (χ3n) is 10.2. The smallest absolute Gasteiger partial charge is 0.473 e. The number of ether oxygens (including phenoxy) is 2. The third kappa shape index (κ3) is 7.56. The van der Waals surface area contributed by atoms with Crippen molar-refractivity contribution in [2.45, 2.75) is 104 Å². The molecule has 3 aromatic heterocycles. The van der Waals surface area contributed by atoms with E-state index < -0.39 is 18.3 Å². The summed E-state index contributed by atoms with van der Waals surface area (Å²) in [6.45, 7) is 18.0. The highest BCUT2D eigenvalue weighted by Gasteiger charge is 2.50. The van der Waals surface area contributed by atoms with Crippen LogP contribution in [0.5, 0.6) is 5.88 Å². The molecule has 2 unspecified atom stereocenters. The molecule has 0 saturated carbocycles. The van der Waals surface area contributed by atoms with E-state index in [9.17, 15) is 5.11 Å². The van der Waals surface area contributed by atoms with Gasteiger partial charge < -0.3 is 23.9 Å². The zero-order valence-electron chi connectivity index (χ0n) is 30.6. The van der Waals surface area contributed by atoms with Crippen molar-refractivity contribution in [3.8, 4) is 17.0 Å². The molecule has 270 valence electrons. The predicted molar refractivity (Wildman–Crippen MR) is 204 cm³/mol. The monoisotopic (exact) mass is 799 g/mol. The van der Waals surface area contributed by atoms with Gasteiger partial charge in [-0.1, -0.05) is 19.0 Å². The number of fused-ring (bicyclic) bond motifs is 1. The summed E-state index contributed by atoms with van der Waals surface area (Å²) in [5.41, 5.74) is 5.00. The molecule has 0 amide bonds. The van der Waals surface area contributed by atoms with Crippen LogP contribution in [0.15, 0.2) is 30.4 Å². The molecule has 2 atom stereocenters. The lowest BCUT2D eigenvalue weighted by Crippen LogP contribution is -2.41.